The zero-order valence-electron chi connectivity index (χ0n) is 11.5. The largest absolute Gasteiger partial charge is 0.496 e. The first-order valence-corrected chi connectivity index (χ1v) is 6.24. The molecule has 0 saturated carbocycles. The molecule has 1 aromatic carbocycles. The summed E-state index contributed by atoms with van der Waals surface area (Å²) in [6.45, 7) is 3.01. The number of nitrogens with one attached hydrogen (secondary N) is 1. The van der Waals surface area contributed by atoms with Crippen molar-refractivity contribution >= 4 is 11.6 Å². The molecule has 0 unspecified atom stereocenters. The summed E-state index contributed by atoms with van der Waals surface area (Å²) in [6.07, 6.45) is 1.62. The average molecular weight is 275 g/mol. The molecule has 0 aliphatic heterocycles. The van der Waals surface area contributed by atoms with Gasteiger partial charge in [-0.25, -0.2) is 0 Å². The Hall–Kier alpha value is -2.57. The Bertz CT molecular complexity index is 609. The van der Waals surface area contributed by atoms with Crippen molar-refractivity contribution in [2.24, 2.45) is 0 Å². The average Bonchev–Trinajstić information content (AvgIpc) is 2.91. The molecule has 0 atom stereocenters. The van der Waals surface area contributed by atoms with Gasteiger partial charge in [0, 0.05) is 12.2 Å². The van der Waals surface area contributed by atoms with Crippen LogP contribution in [0.1, 0.15) is 23.1 Å². The molecule has 0 aliphatic carbocycles. The Morgan fingerprint density at radius 1 is 1.50 bits per heavy atom. The van der Waals surface area contributed by atoms with Gasteiger partial charge in [0.1, 0.15) is 17.6 Å². The fraction of sp³-hybridized carbons (Fsp3) is 0.308. The maximum Gasteiger partial charge on any atom is 0.257 e. The molecule has 106 valence electrons. The molecule has 1 amide bonds. The predicted molar refractivity (Wildman–Crippen MR) is 74.3 cm³/mol. The van der Waals surface area contributed by atoms with Crippen LogP contribution < -0.4 is 15.8 Å². The molecule has 20 heavy (non-hydrogen) atoms. The van der Waals surface area contributed by atoms with Crippen LogP contribution in [0.4, 0.5) is 5.69 Å². The van der Waals surface area contributed by atoms with Crippen molar-refractivity contribution in [3.63, 3.8) is 0 Å². The number of amides is 1. The summed E-state index contributed by atoms with van der Waals surface area (Å²) in [5.74, 6) is 0.833. The third kappa shape index (κ3) is 2.71. The second-order valence-corrected chi connectivity index (χ2v) is 4.14. The molecule has 0 fully saturated rings. The first-order chi connectivity index (χ1) is 9.67. The third-order valence-electron chi connectivity index (χ3n) is 2.95. The number of benzene rings is 1. The minimum atomic E-state index is -0.300. The quantitative estimate of drug-likeness (QED) is 0.788. The second kappa shape index (κ2) is 6.05. The summed E-state index contributed by atoms with van der Waals surface area (Å²) in [4.78, 5) is 12.2. The fourth-order valence-corrected chi connectivity index (χ4v) is 1.89. The topological polar surface area (TPSA) is 95.1 Å². The van der Waals surface area contributed by atoms with Crippen molar-refractivity contribution in [1.29, 1.82) is 0 Å². The van der Waals surface area contributed by atoms with E-state index in [4.69, 9.17) is 10.5 Å². The van der Waals surface area contributed by atoms with Crippen LogP contribution in [-0.4, -0.2) is 27.8 Å². The van der Waals surface area contributed by atoms with Crippen LogP contribution in [0.2, 0.25) is 0 Å². The van der Waals surface area contributed by atoms with Gasteiger partial charge in [-0.3, -0.25) is 4.79 Å². The number of carbonyl (C=O) groups excluding carboxylic acids is 1. The molecule has 1 aromatic heterocycles. The van der Waals surface area contributed by atoms with Gasteiger partial charge in [0.05, 0.1) is 13.7 Å². The van der Waals surface area contributed by atoms with E-state index in [1.165, 1.54) is 7.11 Å². The van der Waals surface area contributed by atoms with E-state index in [0.717, 1.165) is 6.54 Å². The van der Waals surface area contributed by atoms with Crippen molar-refractivity contribution in [2.45, 2.75) is 20.0 Å². The van der Waals surface area contributed by atoms with Crippen molar-refractivity contribution in [2.75, 3.05) is 12.8 Å². The summed E-state index contributed by atoms with van der Waals surface area (Å²) in [7, 11) is 1.50. The van der Waals surface area contributed by atoms with Crippen molar-refractivity contribution in [3.8, 4) is 5.75 Å². The Labute approximate surface area is 116 Å². The molecule has 0 radical (unpaired) electrons. The molecule has 0 saturated heterocycles. The van der Waals surface area contributed by atoms with E-state index in [9.17, 15) is 4.79 Å². The lowest BCUT2D eigenvalue weighted by Gasteiger charge is -2.11. The van der Waals surface area contributed by atoms with Gasteiger partial charge in [-0.05, 0) is 19.1 Å². The van der Waals surface area contributed by atoms with E-state index in [-0.39, 0.29) is 12.5 Å². The summed E-state index contributed by atoms with van der Waals surface area (Å²) < 4.78 is 7.01. The van der Waals surface area contributed by atoms with Gasteiger partial charge in [-0.15, -0.1) is 10.2 Å². The number of hydrogen-bond donors (Lipinski definition) is 2. The lowest BCUT2D eigenvalue weighted by atomic mass is 10.1. The van der Waals surface area contributed by atoms with Crippen LogP contribution in [0.5, 0.6) is 5.75 Å². The number of methoxy groups -OCH3 is 1. The smallest absolute Gasteiger partial charge is 0.257 e. The van der Waals surface area contributed by atoms with Crippen molar-refractivity contribution in [1.82, 2.24) is 20.1 Å². The Balaban J connectivity index is 2.13. The summed E-state index contributed by atoms with van der Waals surface area (Å²) in [5, 5.41) is 10.5. The van der Waals surface area contributed by atoms with Gasteiger partial charge in [-0.1, -0.05) is 6.07 Å². The van der Waals surface area contributed by atoms with E-state index in [1.807, 2.05) is 11.5 Å². The molecule has 0 aliphatic rings. The standard InChI is InChI=1S/C13H17N5O2/c1-3-18-8-16-17-11(18)7-15-13(19)12-9(14)5-4-6-10(12)20-2/h4-6,8H,3,7,14H2,1-2H3,(H,15,19). The first-order valence-electron chi connectivity index (χ1n) is 6.24. The number of rotatable bonds is 5. The van der Waals surface area contributed by atoms with Crippen LogP contribution in [0, 0.1) is 0 Å². The third-order valence-corrected chi connectivity index (χ3v) is 2.95. The van der Waals surface area contributed by atoms with E-state index < -0.39 is 0 Å². The summed E-state index contributed by atoms with van der Waals surface area (Å²) >= 11 is 0. The van der Waals surface area contributed by atoms with E-state index in [1.54, 1.807) is 24.5 Å². The molecule has 0 bridgehead atoms. The number of nitrogen functional groups attached to an aromatic ring is 1. The van der Waals surface area contributed by atoms with E-state index in [2.05, 4.69) is 15.5 Å². The summed E-state index contributed by atoms with van der Waals surface area (Å²) in [5.41, 5.74) is 6.53. The Kier molecular flexibility index (Phi) is 4.19. The Morgan fingerprint density at radius 2 is 2.30 bits per heavy atom. The minimum absolute atomic E-state index is 0.282. The van der Waals surface area contributed by atoms with Crippen LogP contribution >= 0.6 is 0 Å². The zero-order chi connectivity index (χ0) is 14.5. The molecule has 3 N–H and O–H groups in total. The SMILES string of the molecule is CCn1cnnc1CNC(=O)c1c(N)cccc1OC. The highest BCUT2D eigenvalue weighted by Crippen LogP contribution is 2.23. The molecule has 7 nitrogen and oxygen atoms in total. The molecule has 0 spiro atoms. The zero-order valence-corrected chi connectivity index (χ0v) is 11.5. The number of nitrogens with two attached hydrogens (primary N) is 1. The van der Waals surface area contributed by atoms with Crippen LogP contribution in [0.25, 0.3) is 0 Å². The maximum atomic E-state index is 12.2. The van der Waals surface area contributed by atoms with Crippen molar-refractivity contribution in [3.05, 3.63) is 35.9 Å². The highest BCUT2D eigenvalue weighted by Gasteiger charge is 2.16. The van der Waals surface area contributed by atoms with Crippen LogP contribution in [0.3, 0.4) is 0 Å². The minimum Gasteiger partial charge on any atom is -0.496 e. The van der Waals surface area contributed by atoms with E-state index in [0.29, 0.717) is 22.8 Å². The highest BCUT2D eigenvalue weighted by molar-refractivity contribution is 6.01. The van der Waals surface area contributed by atoms with E-state index >= 15 is 0 Å². The molecule has 1 heterocycles. The van der Waals surface area contributed by atoms with Crippen molar-refractivity contribution < 1.29 is 9.53 Å². The van der Waals surface area contributed by atoms with Gasteiger partial charge in [-0.2, -0.15) is 0 Å². The highest BCUT2D eigenvalue weighted by atomic mass is 16.5. The maximum absolute atomic E-state index is 12.2. The number of aryl methyl sites for hydroxylation is 1. The van der Waals surface area contributed by atoms with Crippen LogP contribution in [0.15, 0.2) is 24.5 Å². The Morgan fingerprint density at radius 3 is 3.00 bits per heavy atom. The number of nitrogens with zero attached hydrogens (tertiary/aromatic N) is 3. The van der Waals surface area contributed by atoms with Gasteiger partial charge in [0.2, 0.25) is 0 Å². The monoisotopic (exact) mass is 275 g/mol. The fourth-order valence-electron chi connectivity index (χ4n) is 1.89. The van der Waals surface area contributed by atoms with Gasteiger partial charge < -0.3 is 20.4 Å². The molecular formula is C13H17N5O2. The second-order valence-electron chi connectivity index (χ2n) is 4.14. The number of aromatic nitrogens is 3. The van der Waals surface area contributed by atoms with Gasteiger partial charge in [0.15, 0.2) is 5.82 Å². The number of anilines is 1. The van der Waals surface area contributed by atoms with Crippen LogP contribution in [-0.2, 0) is 13.1 Å². The summed E-state index contributed by atoms with van der Waals surface area (Å²) in [6, 6.07) is 5.09. The lowest BCUT2D eigenvalue weighted by molar-refractivity contribution is 0.0947. The van der Waals surface area contributed by atoms with Gasteiger partial charge in [0.25, 0.3) is 5.91 Å². The van der Waals surface area contributed by atoms with Gasteiger partial charge >= 0.3 is 0 Å². The molecule has 2 aromatic rings. The molecule has 7 heteroatoms. The normalized spacial score (nSPS) is 10.3. The number of ether oxygens (including phenoxy) is 1. The predicted octanol–water partition coefficient (Wildman–Crippen LogP) is 0.819. The number of hydrogen-bond acceptors (Lipinski definition) is 5. The number of carbonyl (C=O) groups is 1. The molecule has 2 rings (SSSR count). The molecular weight excluding hydrogens is 258 g/mol. The first kappa shape index (κ1) is 13.9. The lowest BCUT2D eigenvalue weighted by Crippen LogP contribution is -2.26.